The Morgan fingerprint density at radius 1 is 0.931 bits per heavy atom. The number of carbonyl (C=O) groups is 2. The number of anilines is 2. The molecule has 0 fully saturated rings. The minimum Gasteiger partial charge on any atom is -0.339 e. The topological polar surface area (TPSA) is 82.3 Å². The lowest BCUT2D eigenvalue weighted by Gasteiger charge is -2.28. The number of rotatable bonds is 5. The normalized spacial score (nSPS) is 11.9. The highest BCUT2D eigenvalue weighted by Gasteiger charge is 2.35. The van der Waals surface area contributed by atoms with Gasteiger partial charge in [-0.15, -0.1) is 0 Å². The Morgan fingerprint density at radius 2 is 1.48 bits per heavy atom. The summed E-state index contributed by atoms with van der Waals surface area (Å²) in [4.78, 5) is 23.5. The summed E-state index contributed by atoms with van der Waals surface area (Å²) in [5.74, 6) is -0.718. The molecule has 4 N–H and O–H groups in total. The van der Waals surface area contributed by atoms with Gasteiger partial charge in [0.2, 0.25) is 9.70 Å². The molecule has 0 saturated carbocycles. The van der Waals surface area contributed by atoms with Crippen LogP contribution in [0.25, 0.3) is 0 Å². The molecule has 0 saturated heterocycles. The molecular formula is C18H16Cl4N4O2S. The molecule has 0 aliphatic rings. The van der Waals surface area contributed by atoms with Gasteiger partial charge in [0.25, 0.3) is 5.91 Å². The predicted octanol–water partition coefficient (Wildman–Crippen LogP) is 4.71. The Kier molecular flexibility index (Phi) is 8.36. The molecule has 0 aliphatic heterocycles. The summed E-state index contributed by atoms with van der Waals surface area (Å²) in [5, 5.41) is 11.2. The number of amides is 2. The van der Waals surface area contributed by atoms with Crippen molar-refractivity contribution >= 4 is 86.9 Å². The van der Waals surface area contributed by atoms with Gasteiger partial charge in [0, 0.05) is 18.3 Å². The molecule has 0 radical (unpaired) electrons. The lowest BCUT2D eigenvalue weighted by molar-refractivity contribution is -0.114. The van der Waals surface area contributed by atoms with E-state index in [4.69, 9.17) is 58.6 Å². The maximum Gasteiger partial charge on any atom is 0.254 e. The summed E-state index contributed by atoms with van der Waals surface area (Å²) in [6.07, 6.45) is -1.14. The molecular weight excluding hydrogens is 478 g/mol. The van der Waals surface area contributed by atoms with Crippen molar-refractivity contribution in [3.63, 3.8) is 0 Å². The number of carbonyl (C=O) groups excluding carboxylic acids is 2. The van der Waals surface area contributed by atoms with Crippen LogP contribution in [-0.2, 0) is 4.79 Å². The van der Waals surface area contributed by atoms with Gasteiger partial charge in [-0.05, 0) is 48.6 Å². The highest BCUT2D eigenvalue weighted by Crippen LogP contribution is 2.29. The van der Waals surface area contributed by atoms with Crippen LogP contribution in [0.5, 0.6) is 0 Å². The fourth-order valence-corrected chi connectivity index (χ4v) is 2.98. The van der Waals surface area contributed by atoms with E-state index in [0.717, 1.165) is 0 Å². The molecule has 2 aromatic rings. The summed E-state index contributed by atoms with van der Waals surface area (Å²) < 4.78 is -1.90. The van der Waals surface area contributed by atoms with Gasteiger partial charge < -0.3 is 21.3 Å². The summed E-state index contributed by atoms with van der Waals surface area (Å²) in [6, 6.07) is 13.3. The van der Waals surface area contributed by atoms with Crippen molar-refractivity contribution < 1.29 is 9.59 Å². The third-order valence-electron chi connectivity index (χ3n) is 3.46. The van der Waals surface area contributed by atoms with Crippen LogP contribution in [0.3, 0.4) is 0 Å². The predicted molar refractivity (Wildman–Crippen MR) is 123 cm³/mol. The molecule has 1 atom stereocenters. The zero-order chi connectivity index (χ0) is 21.6. The molecule has 2 amide bonds. The van der Waals surface area contributed by atoms with Gasteiger partial charge in [-0.3, -0.25) is 9.59 Å². The third-order valence-corrected chi connectivity index (χ3v) is 4.66. The Labute approximate surface area is 193 Å². The number of thiocarbonyl (C=S) groups is 1. The lowest BCUT2D eigenvalue weighted by atomic mass is 10.2. The van der Waals surface area contributed by atoms with E-state index in [0.29, 0.717) is 11.4 Å². The summed E-state index contributed by atoms with van der Waals surface area (Å²) >= 11 is 29.2. The summed E-state index contributed by atoms with van der Waals surface area (Å²) in [5.41, 5.74) is 1.48. The lowest BCUT2D eigenvalue weighted by Crippen LogP contribution is -2.56. The standard InChI is InChI=1S/C18H16Cl4N4O2S/c1-10(27)23-11-6-8-12(9-7-11)24-17(29)26-16(18(20,21)22)25-15(28)13-4-2-3-5-14(13)19/h2-9,16H,1H3,(H,23,27)(H,25,28)(H2,24,26,29)/t16-/m1/s1. The largest absolute Gasteiger partial charge is 0.339 e. The Balaban J connectivity index is 2.04. The van der Waals surface area contributed by atoms with Crippen molar-refractivity contribution in [2.75, 3.05) is 10.6 Å². The third kappa shape index (κ3) is 7.53. The first-order valence-corrected chi connectivity index (χ1v) is 10.1. The van der Waals surface area contributed by atoms with Crippen molar-refractivity contribution in [1.82, 2.24) is 10.6 Å². The summed E-state index contributed by atoms with van der Waals surface area (Å²) in [7, 11) is 0. The molecule has 0 unspecified atom stereocenters. The SMILES string of the molecule is CC(=O)Nc1ccc(NC(=S)N[C@@H](NC(=O)c2ccccc2Cl)C(Cl)(Cl)Cl)cc1. The number of alkyl halides is 3. The first-order chi connectivity index (χ1) is 13.6. The molecule has 154 valence electrons. The van der Waals surface area contributed by atoms with Gasteiger partial charge in [0.15, 0.2) is 5.11 Å². The van der Waals surface area contributed by atoms with Crippen molar-refractivity contribution in [2.45, 2.75) is 16.9 Å². The van der Waals surface area contributed by atoms with Crippen molar-refractivity contribution in [2.24, 2.45) is 0 Å². The minimum atomic E-state index is -1.90. The van der Waals surface area contributed by atoms with E-state index in [9.17, 15) is 9.59 Å². The molecule has 6 nitrogen and oxygen atoms in total. The van der Waals surface area contributed by atoms with Crippen LogP contribution >= 0.6 is 58.6 Å². The Morgan fingerprint density at radius 3 is 2.00 bits per heavy atom. The number of benzene rings is 2. The fourth-order valence-electron chi connectivity index (χ4n) is 2.19. The fraction of sp³-hybridized carbons (Fsp3) is 0.167. The molecule has 2 rings (SSSR count). The van der Waals surface area contributed by atoms with Gasteiger partial charge in [0.1, 0.15) is 6.17 Å². The molecule has 2 aromatic carbocycles. The zero-order valence-electron chi connectivity index (χ0n) is 14.9. The molecule has 0 aromatic heterocycles. The average molecular weight is 494 g/mol. The Bertz CT molecular complexity index is 903. The van der Waals surface area contributed by atoms with E-state index >= 15 is 0 Å². The molecule has 0 spiro atoms. The van der Waals surface area contributed by atoms with Crippen LogP contribution < -0.4 is 21.3 Å². The molecule has 0 aliphatic carbocycles. The molecule has 11 heteroatoms. The monoisotopic (exact) mass is 492 g/mol. The van der Waals surface area contributed by atoms with Crippen LogP contribution in [0.4, 0.5) is 11.4 Å². The van der Waals surface area contributed by atoms with E-state index in [2.05, 4.69) is 21.3 Å². The number of hydrogen-bond donors (Lipinski definition) is 4. The molecule has 0 heterocycles. The van der Waals surface area contributed by atoms with Gasteiger partial charge in [-0.2, -0.15) is 0 Å². The molecule has 0 bridgehead atoms. The second kappa shape index (κ2) is 10.3. The second-order valence-corrected chi connectivity index (χ2v) is 8.97. The van der Waals surface area contributed by atoms with Crippen molar-refractivity contribution in [3.8, 4) is 0 Å². The maximum atomic E-state index is 12.5. The van der Waals surface area contributed by atoms with E-state index in [1.165, 1.54) is 6.92 Å². The summed E-state index contributed by atoms with van der Waals surface area (Å²) in [6.45, 7) is 1.42. The first kappa shape index (κ1) is 23.5. The highest BCUT2D eigenvalue weighted by molar-refractivity contribution is 7.80. The van der Waals surface area contributed by atoms with E-state index < -0.39 is 15.9 Å². The van der Waals surface area contributed by atoms with Crippen LogP contribution in [0.2, 0.25) is 5.02 Å². The van der Waals surface area contributed by atoms with Crippen molar-refractivity contribution in [1.29, 1.82) is 0 Å². The average Bonchev–Trinajstić information content (AvgIpc) is 2.62. The zero-order valence-corrected chi connectivity index (χ0v) is 18.8. The maximum absolute atomic E-state index is 12.5. The molecule has 29 heavy (non-hydrogen) atoms. The van der Waals surface area contributed by atoms with Crippen LogP contribution in [0.15, 0.2) is 48.5 Å². The number of halogens is 4. The second-order valence-electron chi connectivity index (χ2n) is 5.78. The van der Waals surface area contributed by atoms with Crippen LogP contribution in [0.1, 0.15) is 17.3 Å². The van der Waals surface area contributed by atoms with Gasteiger partial charge in [-0.25, -0.2) is 0 Å². The van der Waals surface area contributed by atoms with E-state index in [1.807, 2.05) is 0 Å². The van der Waals surface area contributed by atoms with Gasteiger partial charge in [-0.1, -0.05) is 58.5 Å². The van der Waals surface area contributed by atoms with Crippen LogP contribution in [0, 0.1) is 0 Å². The smallest absolute Gasteiger partial charge is 0.254 e. The van der Waals surface area contributed by atoms with E-state index in [1.54, 1.807) is 48.5 Å². The minimum absolute atomic E-state index is 0.105. The highest BCUT2D eigenvalue weighted by atomic mass is 35.6. The quantitative estimate of drug-likeness (QED) is 0.275. The first-order valence-electron chi connectivity index (χ1n) is 8.13. The number of nitrogens with one attached hydrogen (secondary N) is 4. The van der Waals surface area contributed by atoms with E-state index in [-0.39, 0.29) is 21.6 Å². The van der Waals surface area contributed by atoms with Gasteiger partial charge in [0.05, 0.1) is 10.6 Å². The van der Waals surface area contributed by atoms with Crippen molar-refractivity contribution in [3.05, 3.63) is 59.1 Å². The Hall–Kier alpha value is -1.77. The van der Waals surface area contributed by atoms with Crippen LogP contribution in [-0.4, -0.2) is 26.9 Å². The number of hydrogen-bond acceptors (Lipinski definition) is 3. The van der Waals surface area contributed by atoms with Gasteiger partial charge >= 0.3 is 0 Å².